The average molecular weight is 411 g/mol. The minimum atomic E-state index is -1.12. The largest absolute Gasteiger partial charge is 0.384 e. The van der Waals surface area contributed by atoms with Crippen molar-refractivity contribution in [2.45, 2.75) is 39.3 Å². The Kier molecular flexibility index (Phi) is 4.71. The standard InChI is InChI=1S/C20H21N5O3S/c1-11(19-22-12(2)24-28-19)21-18(26)13-5-6-15-16(9-13)25(14-7-8-29-10-14)23-17(15)20(3,4)27/h5-11,27H,1-4H3,(H,21,26)/t11-/m1/s1. The van der Waals surface area contributed by atoms with Gasteiger partial charge in [-0.2, -0.15) is 21.4 Å². The van der Waals surface area contributed by atoms with Gasteiger partial charge in [0.1, 0.15) is 17.3 Å². The molecule has 4 rings (SSSR count). The number of hydrogen-bond acceptors (Lipinski definition) is 7. The Bertz CT molecular complexity index is 1170. The number of benzene rings is 1. The smallest absolute Gasteiger partial charge is 0.251 e. The molecule has 150 valence electrons. The highest BCUT2D eigenvalue weighted by atomic mass is 32.1. The molecule has 1 atom stereocenters. The molecule has 1 amide bonds. The van der Waals surface area contributed by atoms with Crippen molar-refractivity contribution < 1.29 is 14.4 Å². The van der Waals surface area contributed by atoms with Crippen LogP contribution in [0.25, 0.3) is 16.6 Å². The predicted octanol–water partition coefficient (Wildman–Crippen LogP) is 3.50. The van der Waals surface area contributed by atoms with E-state index in [-0.39, 0.29) is 5.91 Å². The molecule has 1 aromatic carbocycles. The highest BCUT2D eigenvalue weighted by Gasteiger charge is 2.26. The van der Waals surface area contributed by atoms with E-state index < -0.39 is 11.6 Å². The van der Waals surface area contributed by atoms with Gasteiger partial charge in [-0.1, -0.05) is 5.16 Å². The summed E-state index contributed by atoms with van der Waals surface area (Å²) in [5, 5.41) is 26.5. The third-order valence-corrected chi connectivity index (χ3v) is 5.21. The fourth-order valence-corrected chi connectivity index (χ4v) is 3.73. The van der Waals surface area contributed by atoms with Gasteiger partial charge in [0.05, 0.1) is 11.2 Å². The van der Waals surface area contributed by atoms with Crippen LogP contribution in [0.5, 0.6) is 0 Å². The molecular weight excluding hydrogens is 390 g/mol. The number of aromatic nitrogens is 4. The first-order valence-electron chi connectivity index (χ1n) is 9.13. The summed E-state index contributed by atoms with van der Waals surface area (Å²) in [6.07, 6.45) is 0. The summed E-state index contributed by atoms with van der Waals surface area (Å²) >= 11 is 1.55. The van der Waals surface area contributed by atoms with E-state index in [0.29, 0.717) is 23.0 Å². The number of thiophene rings is 1. The van der Waals surface area contributed by atoms with Crippen LogP contribution in [0.2, 0.25) is 0 Å². The van der Waals surface area contributed by atoms with Gasteiger partial charge < -0.3 is 14.9 Å². The zero-order valence-electron chi connectivity index (χ0n) is 16.5. The highest BCUT2D eigenvalue weighted by molar-refractivity contribution is 7.08. The summed E-state index contributed by atoms with van der Waals surface area (Å²) < 4.78 is 6.88. The van der Waals surface area contributed by atoms with Crippen LogP contribution in [-0.4, -0.2) is 30.9 Å². The molecule has 9 heteroatoms. The van der Waals surface area contributed by atoms with Crippen LogP contribution >= 0.6 is 11.3 Å². The van der Waals surface area contributed by atoms with Gasteiger partial charge in [0.25, 0.3) is 5.91 Å². The number of amides is 1. The molecule has 3 aromatic heterocycles. The van der Waals surface area contributed by atoms with Crippen molar-refractivity contribution in [3.63, 3.8) is 0 Å². The van der Waals surface area contributed by atoms with E-state index in [1.165, 1.54) is 0 Å². The Hall–Kier alpha value is -3.04. The molecule has 29 heavy (non-hydrogen) atoms. The molecular formula is C20H21N5O3S. The molecule has 3 heterocycles. The van der Waals surface area contributed by atoms with Crippen molar-refractivity contribution in [1.82, 2.24) is 25.2 Å². The number of fused-ring (bicyclic) bond motifs is 1. The second kappa shape index (κ2) is 7.09. The quantitative estimate of drug-likeness (QED) is 0.521. The monoisotopic (exact) mass is 411 g/mol. The van der Waals surface area contributed by atoms with Gasteiger partial charge in [-0.05, 0) is 57.3 Å². The summed E-state index contributed by atoms with van der Waals surface area (Å²) in [7, 11) is 0. The molecule has 0 aliphatic carbocycles. The molecule has 0 radical (unpaired) electrons. The molecule has 8 nitrogen and oxygen atoms in total. The van der Waals surface area contributed by atoms with Crippen LogP contribution in [0.1, 0.15) is 54.6 Å². The Morgan fingerprint density at radius 1 is 1.34 bits per heavy atom. The summed E-state index contributed by atoms with van der Waals surface area (Å²) in [6, 6.07) is 6.83. The zero-order valence-corrected chi connectivity index (χ0v) is 17.3. The van der Waals surface area contributed by atoms with Crippen LogP contribution < -0.4 is 5.32 Å². The van der Waals surface area contributed by atoms with Crippen LogP contribution in [0.3, 0.4) is 0 Å². The summed E-state index contributed by atoms with van der Waals surface area (Å²) in [5.74, 6) is 0.601. The first-order valence-corrected chi connectivity index (χ1v) is 10.1. The van der Waals surface area contributed by atoms with Crippen LogP contribution in [0.4, 0.5) is 0 Å². The number of rotatable bonds is 5. The highest BCUT2D eigenvalue weighted by Crippen LogP contribution is 2.31. The zero-order chi connectivity index (χ0) is 20.8. The topological polar surface area (TPSA) is 106 Å². The van der Waals surface area contributed by atoms with E-state index in [2.05, 4.69) is 20.6 Å². The summed E-state index contributed by atoms with van der Waals surface area (Å²) in [4.78, 5) is 17.0. The van der Waals surface area contributed by atoms with Gasteiger partial charge in [0.15, 0.2) is 5.82 Å². The molecule has 0 aliphatic heterocycles. The number of nitrogens with one attached hydrogen (secondary N) is 1. The molecule has 0 spiro atoms. The second-order valence-corrected chi connectivity index (χ2v) is 8.19. The normalized spacial score (nSPS) is 13.0. The van der Waals surface area contributed by atoms with E-state index in [4.69, 9.17) is 4.52 Å². The molecule has 0 unspecified atom stereocenters. The first kappa shape index (κ1) is 19.3. The van der Waals surface area contributed by atoms with E-state index in [9.17, 15) is 9.90 Å². The predicted molar refractivity (Wildman–Crippen MR) is 109 cm³/mol. The minimum Gasteiger partial charge on any atom is -0.384 e. The van der Waals surface area contributed by atoms with Gasteiger partial charge in [0, 0.05) is 16.3 Å². The summed E-state index contributed by atoms with van der Waals surface area (Å²) in [5.41, 5.74) is 1.53. The van der Waals surface area contributed by atoms with Gasteiger partial charge in [-0.25, -0.2) is 4.68 Å². The summed E-state index contributed by atoms with van der Waals surface area (Å²) in [6.45, 7) is 6.90. The van der Waals surface area contributed by atoms with E-state index in [0.717, 1.165) is 16.6 Å². The number of carbonyl (C=O) groups is 1. The third kappa shape index (κ3) is 3.66. The maximum absolute atomic E-state index is 12.8. The Morgan fingerprint density at radius 2 is 2.14 bits per heavy atom. The molecule has 0 fully saturated rings. The number of hydrogen-bond donors (Lipinski definition) is 2. The molecule has 0 saturated heterocycles. The molecule has 4 aromatic rings. The molecule has 0 bridgehead atoms. The SMILES string of the molecule is Cc1noc([C@@H](C)NC(=O)c2ccc3c(C(C)(C)O)nn(-c4ccsc4)c3c2)n1. The Balaban J connectivity index is 1.73. The van der Waals surface area contributed by atoms with Crippen LogP contribution in [0.15, 0.2) is 39.5 Å². The van der Waals surface area contributed by atoms with Crippen LogP contribution in [0, 0.1) is 6.92 Å². The number of aryl methyl sites for hydroxylation is 1. The van der Waals surface area contributed by atoms with E-state index >= 15 is 0 Å². The maximum atomic E-state index is 12.8. The van der Waals surface area contributed by atoms with Crippen LogP contribution in [-0.2, 0) is 5.60 Å². The average Bonchev–Trinajstić information content (AvgIpc) is 3.39. The number of nitrogens with zero attached hydrogens (tertiary/aromatic N) is 4. The number of aliphatic hydroxyl groups is 1. The lowest BCUT2D eigenvalue weighted by molar-refractivity contribution is 0.0749. The fraction of sp³-hybridized carbons (Fsp3) is 0.300. The maximum Gasteiger partial charge on any atom is 0.251 e. The van der Waals surface area contributed by atoms with Crippen molar-refractivity contribution in [1.29, 1.82) is 0 Å². The molecule has 2 N–H and O–H groups in total. The second-order valence-electron chi connectivity index (χ2n) is 7.41. The van der Waals surface area contributed by atoms with Gasteiger partial charge in [0.2, 0.25) is 5.89 Å². The lowest BCUT2D eigenvalue weighted by Crippen LogP contribution is -2.26. The van der Waals surface area contributed by atoms with E-state index in [1.54, 1.807) is 55.8 Å². The minimum absolute atomic E-state index is 0.266. The third-order valence-electron chi connectivity index (χ3n) is 4.53. The number of carbonyl (C=O) groups excluding carboxylic acids is 1. The van der Waals surface area contributed by atoms with Gasteiger partial charge in [-0.3, -0.25) is 4.79 Å². The Morgan fingerprint density at radius 3 is 2.76 bits per heavy atom. The van der Waals surface area contributed by atoms with Gasteiger partial charge >= 0.3 is 0 Å². The Labute approximate surface area is 171 Å². The van der Waals surface area contributed by atoms with Crippen molar-refractivity contribution in [2.75, 3.05) is 0 Å². The van der Waals surface area contributed by atoms with Crippen molar-refractivity contribution in [3.05, 3.63) is 58.0 Å². The molecule has 0 aliphatic rings. The van der Waals surface area contributed by atoms with Crippen molar-refractivity contribution in [2.24, 2.45) is 0 Å². The fourth-order valence-electron chi connectivity index (χ4n) is 3.11. The van der Waals surface area contributed by atoms with Gasteiger partial charge in [-0.15, -0.1) is 0 Å². The lowest BCUT2D eigenvalue weighted by Gasteiger charge is -2.14. The first-order chi connectivity index (χ1) is 13.7. The van der Waals surface area contributed by atoms with Crippen molar-refractivity contribution in [3.8, 4) is 5.69 Å². The lowest BCUT2D eigenvalue weighted by atomic mass is 10.0. The van der Waals surface area contributed by atoms with E-state index in [1.807, 2.05) is 22.9 Å². The van der Waals surface area contributed by atoms with Crippen molar-refractivity contribution >= 4 is 28.1 Å². The molecule has 0 saturated carbocycles.